The SMILES string of the molecule is COc1ccc(C)cc1CNCCNC1CC1. The van der Waals surface area contributed by atoms with Crippen molar-refractivity contribution in [1.82, 2.24) is 10.6 Å². The number of ether oxygens (including phenoxy) is 1. The first-order valence-corrected chi connectivity index (χ1v) is 6.37. The van der Waals surface area contributed by atoms with Gasteiger partial charge >= 0.3 is 0 Å². The van der Waals surface area contributed by atoms with Crippen LogP contribution in [0, 0.1) is 6.92 Å². The van der Waals surface area contributed by atoms with Gasteiger partial charge in [0.25, 0.3) is 0 Å². The Hall–Kier alpha value is -1.06. The Kier molecular flexibility index (Phi) is 4.40. The molecule has 3 nitrogen and oxygen atoms in total. The molecule has 2 N–H and O–H groups in total. The average Bonchev–Trinajstić information content (AvgIpc) is 3.13. The van der Waals surface area contributed by atoms with Gasteiger partial charge in [-0.3, -0.25) is 0 Å². The lowest BCUT2D eigenvalue weighted by atomic mass is 10.1. The zero-order valence-corrected chi connectivity index (χ0v) is 10.8. The Morgan fingerprint density at radius 3 is 2.82 bits per heavy atom. The summed E-state index contributed by atoms with van der Waals surface area (Å²) in [5, 5.41) is 6.93. The summed E-state index contributed by atoms with van der Waals surface area (Å²) in [5.74, 6) is 0.971. The van der Waals surface area contributed by atoms with Gasteiger partial charge in [-0.2, -0.15) is 0 Å². The third-order valence-electron chi connectivity index (χ3n) is 3.06. The normalized spacial score (nSPS) is 14.9. The fourth-order valence-corrected chi connectivity index (χ4v) is 1.92. The van der Waals surface area contributed by atoms with Gasteiger partial charge in [0, 0.05) is 31.2 Å². The first kappa shape index (κ1) is 12.4. The Morgan fingerprint density at radius 2 is 2.12 bits per heavy atom. The molecule has 17 heavy (non-hydrogen) atoms. The van der Waals surface area contributed by atoms with Gasteiger partial charge in [0.05, 0.1) is 7.11 Å². The van der Waals surface area contributed by atoms with Gasteiger partial charge in [0.1, 0.15) is 5.75 Å². The molecule has 0 unspecified atom stereocenters. The smallest absolute Gasteiger partial charge is 0.123 e. The fraction of sp³-hybridized carbons (Fsp3) is 0.571. The van der Waals surface area contributed by atoms with Crippen LogP contribution in [0.15, 0.2) is 18.2 Å². The zero-order chi connectivity index (χ0) is 12.1. The van der Waals surface area contributed by atoms with E-state index in [4.69, 9.17) is 4.74 Å². The Balaban J connectivity index is 1.74. The highest BCUT2D eigenvalue weighted by atomic mass is 16.5. The second-order valence-corrected chi connectivity index (χ2v) is 4.72. The summed E-state index contributed by atoms with van der Waals surface area (Å²) in [6, 6.07) is 7.09. The Labute approximate surface area is 104 Å². The maximum atomic E-state index is 5.35. The summed E-state index contributed by atoms with van der Waals surface area (Å²) in [5.41, 5.74) is 2.51. The lowest BCUT2D eigenvalue weighted by Crippen LogP contribution is -2.28. The number of nitrogens with one attached hydrogen (secondary N) is 2. The van der Waals surface area contributed by atoms with Crippen LogP contribution in [0.4, 0.5) is 0 Å². The Morgan fingerprint density at radius 1 is 1.29 bits per heavy atom. The van der Waals surface area contributed by atoms with Crippen LogP contribution in [0.25, 0.3) is 0 Å². The highest BCUT2D eigenvalue weighted by Gasteiger charge is 2.19. The van der Waals surface area contributed by atoms with Gasteiger partial charge in [0.15, 0.2) is 0 Å². The molecule has 94 valence electrons. The highest BCUT2D eigenvalue weighted by molar-refractivity contribution is 5.36. The van der Waals surface area contributed by atoms with E-state index in [0.717, 1.165) is 31.4 Å². The van der Waals surface area contributed by atoms with E-state index < -0.39 is 0 Å². The van der Waals surface area contributed by atoms with Gasteiger partial charge in [-0.1, -0.05) is 17.7 Å². The molecule has 2 rings (SSSR count). The van der Waals surface area contributed by atoms with E-state index >= 15 is 0 Å². The van der Waals surface area contributed by atoms with Crippen molar-refractivity contribution in [1.29, 1.82) is 0 Å². The molecule has 1 fully saturated rings. The lowest BCUT2D eigenvalue weighted by molar-refractivity contribution is 0.407. The number of rotatable bonds is 7. The summed E-state index contributed by atoms with van der Waals surface area (Å²) in [6.07, 6.45) is 2.71. The average molecular weight is 234 g/mol. The van der Waals surface area contributed by atoms with Crippen LogP contribution < -0.4 is 15.4 Å². The molecule has 0 atom stereocenters. The second-order valence-electron chi connectivity index (χ2n) is 4.72. The van der Waals surface area contributed by atoms with Crippen LogP contribution in [-0.4, -0.2) is 26.2 Å². The number of hydrogen-bond donors (Lipinski definition) is 2. The van der Waals surface area contributed by atoms with Gasteiger partial charge < -0.3 is 15.4 Å². The van der Waals surface area contributed by atoms with Crippen LogP contribution in [-0.2, 0) is 6.54 Å². The fourth-order valence-electron chi connectivity index (χ4n) is 1.92. The van der Waals surface area contributed by atoms with Gasteiger partial charge in [0.2, 0.25) is 0 Å². The molecule has 1 aliphatic carbocycles. The number of hydrogen-bond acceptors (Lipinski definition) is 3. The van der Waals surface area contributed by atoms with Crippen molar-refractivity contribution < 1.29 is 4.74 Å². The van der Waals surface area contributed by atoms with Crippen molar-refractivity contribution in [2.24, 2.45) is 0 Å². The largest absolute Gasteiger partial charge is 0.496 e. The minimum Gasteiger partial charge on any atom is -0.496 e. The summed E-state index contributed by atoms with van der Waals surface area (Å²) in [4.78, 5) is 0. The van der Waals surface area contributed by atoms with Crippen molar-refractivity contribution in [3.05, 3.63) is 29.3 Å². The van der Waals surface area contributed by atoms with Crippen molar-refractivity contribution in [2.45, 2.75) is 32.4 Å². The molecular formula is C14H22N2O. The number of methoxy groups -OCH3 is 1. The third-order valence-corrected chi connectivity index (χ3v) is 3.06. The predicted octanol–water partition coefficient (Wildman–Crippen LogP) is 1.85. The van der Waals surface area contributed by atoms with Gasteiger partial charge in [-0.25, -0.2) is 0 Å². The van der Waals surface area contributed by atoms with Crippen molar-refractivity contribution in [3.8, 4) is 5.75 Å². The van der Waals surface area contributed by atoms with Gasteiger partial charge in [-0.05, 0) is 25.8 Å². The molecule has 3 heteroatoms. The van der Waals surface area contributed by atoms with E-state index in [0.29, 0.717) is 0 Å². The number of aryl methyl sites for hydroxylation is 1. The molecule has 0 heterocycles. The minimum absolute atomic E-state index is 0.797. The lowest BCUT2D eigenvalue weighted by Gasteiger charge is -2.10. The zero-order valence-electron chi connectivity index (χ0n) is 10.8. The summed E-state index contributed by atoms with van der Waals surface area (Å²) in [6.45, 7) is 5.04. The van der Waals surface area contributed by atoms with Crippen LogP contribution in [0.5, 0.6) is 5.75 Å². The predicted molar refractivity (Wildman–Crippen MR) is 70.5 cm³/mol. The molecule has 0 aliphatic heterocycles. The topological polar surface area (TPSA) is 33.3 Å². The summed E-state index contributed by atoms with van der Waals surface area (Å²) in [7, 11) is 1.73. The van der Waals surface area contributed by atoms with E-state index in [1.165, 1.54) is 24.0 Å². The van der Waals surface area contributed by atoms with Crippen molar-refractivity contribution in [3.63, 3.8) is 0 Å². The van der Waals surface area contributed by atoms with E-state index in [9.17, 15) is 0 Å². The number of benzene rings is 1. The van der Waals surface area contributed by atoms with E-state index in [1.54, 1.807) is 7.11 Å². The maximum absolute atomic E-state index is 5.35. The first-order chi connectivity index (χ1) is 8.29. The quantitative estimate of drug-likeness (QED) is 0.706. The molecule has 0 radical (unpaired) electrons. The highest BCUT2D eigenvalue weighted by Crippen LogP contribution is 2.19. The molecule has 0 spiro atoms. The molecule has 1 saturated carbocycles. The molecule has 1 aromatic carbocycles. The molecule has 0 aromatic heterocycles. The van der Waals surface area contributed by atoms with Crippen LogP contribution >= 0.6 is 0 Å². The van der Waals surface area contributed by atoms with Crippen LogP contribution in [0.2, 0.25) is 0 Å². The second kappa shape index (κ2) is 6.03. The monoisotopic (exact) mass is 234 g/mol. The standard InChI is InChI=1S/C14H22N2O/c1-11-3-6-14(17-2)12(9-11)10-15-7-8-16-13-4-5-13/h3,6,9,13,15-16H,4-5,7-8,10H2,1-2H3. The summed E-state index contributed by atoms with van der Waals surface area (Å²) >= 11 is 0. The van der Waals surface area contributed by atoms with E-state index in [2.05, 4.69) is 29.7 Å². The third kappa shape index (κ3) is 4.02. The molecule has 0 saturated heterocycles. The van der Waals surface area contributed by atoms with E-state index in [1.807, 2.05) is 6.07 Å². The Bertz CT molecular complexity index is 361. The van der Waals surface area contributed by atoms with Crippen LogP contribution in [0.1, 0.15) is 24.0 Å². The molecule has 1 aromatic rings. The van der Waals surface area contributed by atoms with Crippen molar-refractivity contribution in [2.75, 3.05) is 20.2 Å². The molecule has 0 bridgehead atoms. The van der Waals surface area contributed by atoms with E-state index in [-0.39, 0.29) is 0 Å². The maximum Gasteiger partial charge on any atom is 0.123 e. The van der Waals surface area contributed by atoms with Crippen LogP contribution in [0.3, 0.4) is 0 Å². The molecule has 1 aliphatic rings. The minimum atomic E-state index is 0.797. The molecule has 0 amide bonds. The first-order valence-electron chi connectivity index (χ1n) is 6.37. The van der Waals surface area contributed by atoms with Gasteiger partial charge in [-0.15, -0.1) is 0 Å². The van der Waals surface area contributed by atoms with Crippen molar-refractivity contribution >= 4 is 0 Å². The summed E-state index contributed by atoms with van der Waals surface area (Å²) < 4.78 is 5.35. The molecular weight excluding hydrogens is 212 g/mol.